The summed E-state index contributed by atoms with van der Waals surface area (Å²) in [5, 5.41) is 15.9. The van der Waals surface area contributed by atoms with Gasteiger partial charge in [-0.15, -0.1) is 10.2 Å². The molecule has 0 aliphatic heterocycles. The highest BCUT2D eigenvalue weighted by Gasteiger charge is 2.28. The molecule has 11 heteroatoms. The van der Waals surface area contributed by atoms with Crippen molar-refractivity contribution in [2.75, 3.05) is 20.8 Å². The van der Waals surface area contributed by atoms with Gasteiger partial charge in [0.1, 0.15) is 12.6 Å². The zero-order valence-electron chi connectivity index (χ0n) is 22.0. The summed E-state index contributed by atoms with van der Waals surface area (Å²) in [5.74, 6) is 1.03. The maximum absolute atomic E-state index is 13.4. The summed E-state index contributed by atoms with van der Waals surface area (Å²) in [5.41, 5.74) is 1.22. The topological polar surface area (TPSA) is 111 Å². The third-order valence-electron chi connectivity index (χ3n) is 5.59. The third-order valence-corrected chi connectivity index (χ3v) is 5.84. The highest BCUT2D eigenvalue weighted by molar-refractivity contribution is 6.30. The predicted octanol–water partition coefficient (Wildman–Crippen LogP) is 3.39. The standard InChI is InChI=1S/C26H33ClN6O4/c1-17(25(35)28-26(2,3)4)32(14-13-18-7-12-21(36-5)22(15-18)37-6)23(34)16-33-30-24(29-31-33)19-8-10-20(27)11-9-19/h7-12,15,17H,13-14,16H2,1-6H3,(H,28,35)/t17-/m0/s1. The molecule has 198 valence electrons. The number of methoxy groups -OCH3 is 2. The molecule has 0 radical (unpaired) electrons. The van der Waals surface area contributed by atoms with E-state index in [2.05, 4.69) is 20.7 Å². The van der Waals surface area contributed by atoms with Gasteiger partial charge in [-0.3, -0.25) is 9.59 Å². The van der Waals surface area contributed by atoms with E-state index in [1.165, 1.54) is 9.70 Å². The van der Waals surface area contributed by atoms with Crippen molar-refractivity contribution in [3.05, 3.63) is 53.1 Å². The van der Waals surface area contributed by atoms with Crippen LogP contribution in [0.2, 0.25) is 5.02 Å². The van der Waals surface area contributed by atoms with E-state index in [1.807, 2.05) is 39.0 Å². The summed E-state index contributed by atoms with van der Waals surface area (Å²) in [6, 6.07) is 11.9. The Kier molecular flexibility index (Phi) is 9.09. The number of hydrogen-bond acceptors (Lipinski definition) is 7. The van der Waals surface area contributed by atoms with Gasteiger partial charge in [-0.1, -0.05) is 17.7 Å². The average Bonchev–Trinajstić information content (AvgIpc) is 3.31. The Morgan fingerprint density at radius 2 is 1.76 bits per heavy atom. The Hall–Kier alpha value is -3.66. The van der Waals surface area contributed by atoms with Gasteiger partial charge in [-0.2, -0.15) is 4.80 Å². The number of ether oxygens (including phenoxy) is 2. The molecular weight excluding hydrogens is 496 g/mol. The minimum atomic E-state index is -0.717. The van der Waals surface area contributed by atoms with Crippen LogP contribution < -0.4 is 14.8 Å². The van der Waals surface area contributed by atoms with Crippen molar-refractivity contribution in [3.63, 3.8) is 0 Å². The number of rotatable bonds is 10. The van der Waals surface area contributed by atoms with Crippen molar-refractivity contribution in [1.82, 2.24) is 30.4 Å². The van der Waals surface area contributed by atoms with Gasteiger partial charge in [0, 0.05) is 22.7 Å². The van der Waals surface area contributed by atoms with Crippen molar-refractivity contribution in [2.24, 2.45) is 0 Å². The molecule has 0 bridgehead atoms. The Bertz CT molecular complexity index is 1220. The number of tetrazole rings is 1. The number of nitrogens with zero attached hydrogens (tertiary/aromatic N) is 5. The van der Waals surface area contributed by atoms with Crippen molar-refractivity contribution in [1.29, 1.82) is 0 Å². The molecule has 0 saturated heterocycles. The van der Waals surface area contributed by atoms with E-state index in [4.69, 9.17) is 21.1 Å². The van der Waals surface area contributed by atoms with Gasteiger partial charge in [0.2, 0.25) is 17.6 Å². The van der Waals surface area contributed by atoms with Gasteiger partial charge in [0.05, 0.1) is 14.2 Å². The normalized spacial score (nSPS) is 12.1. The van der Waals surface area contributed by atoms with Gasteiger partial charge < -0.3 is 19.7 Å². The van der Waals surface area contributed by atoms with Gasteiger partial charge in [0.25, 0.3) is 0 Å². The van der Waals surface area contributed by atoms with Gasteiger partial charge >= 0.3 is 0 Å². The summed E-state index contributed by atoms with van der Waals surface area (Å²) in [7, 11) is 3.14. The largest absolute Gasteiger partial charge is 0.493 e. The molecule has 0 saturated carbocycles. The molecule has 1 aromatic heterocycles. The summed E-state index contributed by atoms with van der Waals surface area (Å²) < 4.78 is 10.7. The second-order valence-electron chi connectivity index (χ2n) is 9.59. The third kappa shape index (κ3) is 7.66. The van der Waals surface area contributed by atoms with E-state index >= 15 is 0 Å². The molecule has 2 aromatic carbocycles. The minimum absolute atomic E-state index is 0.167. The smallest absolute Gasteiger partial charge is 0.246 e. The maximum atomic E-state index is 13.4. The zero-order chi connectivity index (χ0) is 27.2. The van der Waals surface area contributed by atoms with Crippen molar-refractivity contribution in [2.45, 2.75) is 52.2 Å². The fraction of sp³-hybridized carbons (Fsp3) is 0.423. The van der Waals surface area contributed by atoms with E-state index in [0.29, 0.717) is 35.3 Å². The van der Waals surface area contributed by atoms with E-state index < -0.39 is 11.6 Å². The molecular formula is C26H33ClN6O4. The fourth-order valence-electron chi connectivity index (χ4n) is 3.67. The molecule has 37 heavy (non-hydrogen) atoms. The number of amides is 2. The Balaban J connectivity index is 1.79. The number of hydrogen-bond donors (Lipinski definition) is 1. The Morgan fingerprint density at radius 1 is 1.08 bits per heavy atom. The minimum Gasteiger partial charge on any atom is -0.493 e. The van der Waals surface area contributed by atoms with E-state index in [1.54, 1.807) is 45.4 Å². The fourth-order valence-corrected chi connectivity index (χ4v) is 3.80. The molecule has 10 nitrogen and oxygen atoms in total. The van der Waals surface area contributed by atoms with Crippen molar-refractivity contribution in [3.8, 4) is 22.9 Å². The monoisotopic (exact) mass is 528 g/mol. The average molecular weight is 529 g/mol. The number of carbonyl (C=O) groups is 2. The first-order chi connectivity index (χ1) is 17.5. The lowest BCUT2D eigenvalue weighted by Gasteiger charge is -2.31. The summed E-state index contributed by atoms with van der Waals surface area (Å²) in [6.45, 7) is 7.52. The SMILES string of the molecule is COc1ccc(CCN(C(=O)Cn2nnc(-c3ccc(Cl)cc3)n2)[C@@H](C)C(=O)NC(C)(C)C)cc1OC. The number of halogens is 1. The van der Waals surface area contributed by atoms with Gasteiger partial charge in [0.15, 0.2) is 11.5 Å². The molecule has 0 aliphatic carbocycles. The number of carbonyl (C=O) groups excluding carboxylic acids is 2. The molecule has 2 amide bonds. The van der Waals surface area contributed by atoms with E-state index in [-0.39, 0.29) is 18.4 Å². The first-order valence-corrected chi connectivity index (χ1v) is 12.2. The van der Waals surface area contributed by atoms with Crippen molar-refractivity contribution < 1.29 is 19.1 Å². The van der Waals surface area contributed by atoms with Crippen LogP contribution in [0.5, 0.6) is 11.5 Å². The highest BCUT2D eigenvalue weighted by atomic mass is 35.5. The van der Waals surface area contributed by atoms with Gasteiger partial charge in [-0.25, -0.2) is 0 Å². The summed E-state index contributed by atoms with van der Waals surface area (Å²) >= 11 is 5.95. The van der Waals surface area contributed by atoms with Crippen LogP contribution in [-0.4, -0.2) is 69.3 Å². The lowest BCUT2D eigenvalue weighted by Crippen LogP contribution is -2.53. The Labute approximate surface area is 221 Å². The number of aromatic nitrogens is 4. The molecule has 0 spiro atoms. The van der Waals surface area contributed by atoms with Crippen LogP contribution in [0, 0.1) is 0 Å². The van der Waals surface area contributed by atoms with Crippen LogP contribution in [-0.2, 0) is 22.6 Å². The molecule has 1 N–H and O–H groups in total. The van der Waals surface area contributed by atoms with Crippen LogP contribution in [0.15, 0.2) is 42.5 Å². The molecule has 1 atom stereocenters. The van der Waals surface area contributed by atoms with Crippen LogP contribution in [0.25, 0.3) is 11.4 Å². The Morgan fingerprint density at radius 3 is 2.38 bits per heavy atom. The molecule has 0 unspecified atom stereocenters. The highest BCUT2D eigenvalue weighted by Crippen LogP contribution is 2.28. The molecule has 0 aliphatic rings. The van der Waals surface area contributed by atoms with Crippen LogP contribution >= 0.6 is 11.6 Å². The molecule has 0 fully saturated rings. The van der Waals surface area contributed by atoms with E-state index in [9.17, 15) is 9.59 Å². The van der Waals surface area contributed by atoms with Crippen LogP contribution in [0.4, 0.5) is 0 Å². The maximum Gasteiger partial charge on any atom is 0.246 e. The molecule has 3 rings (SSSR count). The zero-order valence-corrected chi connectivity index (χ0v) is 22.7. The molecule has 3 aromatic rings. The number of nitrogens with one attached hydrogen (secondary N) is 1. The van der Waals surface area contributed by atoms with E-state index in [0.717, 1.165) is 11.1 Å². The number of benzene rings is 2. The van der Waals surface area contributed by atoms with Crippen LogP contribution in [0.1, 0.15) is 33.3 Å². The first-order valence-electron chi connectivity index (χ1n) is 11.9. The quantitative estimate of drug-likeness (QED) is 0.429. The predicted molar refractivity (Wildman–Crippen MR) is 141 cm³/mol. The second-order valence-corrected chi connectivity index (χ2v) is 10.0. The molecule has 1 heterocycles. The first kappa shape index (κ1) is 27.9. The van der Waals surface area contributed by atoms with Crippen LogP contribution in [0.3, 0.4) is 0 Å². The lowest BCUT2D eigenvalue weighted by atomic mass is 10.1. The summed E-state index contributed by atoms with van der Waals surface area (Å²) in [4.78, 5) is 29.1. The van der Waals surface area contributed by atoms with Crippen molar-refractivity contribution >= 4 is 23.4 Å². The lowest BCUT2D eigenvalue weighted by molar-refractivity contribution is -0.141. The second kappa shape index (κ2) is 12.1. The summed E-state index contributed by atoms with van der Waals surface area (Å²) in [6.07, 6.45) is 0.500. The van der Waals surface area contributed by atoms with Gasteiger partial charge in [-0.05, 0) is 81.3 Å².